The Kier molecular flexibility index (Phi) is 56.7. The van der Waals surface area contributed by atoms with E-state index >= 15 is 0 Å². The Morgan fingerprint density at radius 3 is 0.725 bits per heavy atom. The molecule has 6 nitrogen and oxygen atoms in total. The summed E-state index contributed by atoms with van der Waals surface area (Å²) in [5, 5.41) is 0. The third kappa shape index (κ3) is 56.7. The summed E-state index contributed by atoms with van der Waals surface area (Å²) in [5.74, 6) is -0.858. The molecule has 0 saturated heterocycles. The van der Waals surface area contributed by atoms with Crippen molar-refractivity contribution in [2.45, 2.75) is 348 Å². The summed E-state index contributed by atoms with van der Waals surface area (Å²) in [6, 6.07) is 0. The molecule has 0 aliphatic rings. The molecule has 0 aromatic rings. The van der Waals surface area contributed by atoms with E-state index in [-0.39, 0.29) is 31.1 Å². The van der Waals surface area contributed by atoms with Crippen LogP contribution in [-0.4, -0.2) is 37.2 Å². The lowest BCUT2D eigenvalue weighted by atomic mass is 10.0. The van der Waals surface area contributed by atoms with E-state index in [1.807, 2.05) is 0 Å². The number of hydrogen-bond acceptors (Lipinski definition) is 6. The minimum atomic E-state index is -0.773. The minimum absolute atomic E-state index is 0.0704. The molecule has 0 N–H and O–H groups in total. The molecule has 0 fully saturated rings. The number of carbonyl (C=O) groups excluding carboxylic acids is 3. The molecule has 0 spiro atoms. The number of hydrogen-bond donors (Lipinski definition) is 0. The third-order valence-electron chi connectivity index (χ3n) is 13.9. The summed E-state index contributed by atoms with van der Waals surface area (Å²) >= 11 is 0. The van der Waals surface area contributed by atoms with E-state index in [9.17, 15) is 14.4 Å². The summed E-state index contributed by atoms with van der Waals surface area (Å²) in [6.45, 7) is 6.68. The maximum atomic E-state index is 12.9. The Morgan fingerprint density at radius 1 is 0.275 bits per heavy atom. The lowest BCUT2D eigenvalue weighted by molar-refractivity contribution is -0.167. The zero-order valence-electron chi connectivity index (χ0n) is 46.6. The molecule has 0 aliphatic carbocycles. The first-order valence-corrected chi connectivity index (χ1v) is 30.8. The van der Waals surface area contributed by atoms with Crippen LogP contribution in [0, 0.1) is 0 Å². The molecule has 69 heavy (non-hydrogen) atoms. The van der Waals surface area contributed by atoms with Crippen LogP contribution in [0.3, 0.4) is 0 Å². The predicted molar refractivity (Wildman–Crippen MR) is 298 cm³/mol. The average Bonchev–Trinajstić information content (AvgIpc) is 3.35. The third-order valence-corrected chi connectivity index (χ3v) is 13.9. The fraction of sp³-hybridized carbons (Fsp3) is 0.889. The highest BCUT2D eigenvalue weighted by Gasteiger charge is 2.19. The van der Waals surface area contributed by atoms with Crippen molar-refractivity contribution in [3.8, 4) is 0 Å². The number of rotatable bonds is 57. The minimum Gasteiger partial charge on any atom is -0.462 e. The SMILES string of the molecule is CCCCCCCCC/C=C\CCCCCCCC(=O)OC(COC(=O)CCCCCCCCCCC/C=C\CCCCCCCCCC)COC(=O)CCCCCCCCCCCCCCCC. The van der Waals surface area contributed by atoms with Crippen molar-refractivity contribution in [1.82, 2.24) is 0 Å². The standard InChI is InChI=1S/C63H118O6/c1-4-7-10-13-16-19-22-25-28-30-31-32-33-34-36-38-41-44-47-50-53-56-62(65)68-59-60(58-67-61(64)55-52-49-46-43-40-37-27-24-21-18-15-12-9-6-3)69-63(66)57-54-51-48-45-42-39-35-29-26-23-20-17-14-11-8-5-2/h29-31,35,60H,4-28,32-34,36-59H2,1-3H3/b31-30-,35-29-. The second-order valence-electron chi connectivity index (χ2n) is 21.0. The van der Waals surface area contributed by atoms with Gasteiger partial charge in [-0.05, 0) is 70.6 Å². The lowest BCUT2D eigenvalue weighted by Crippen LogP contribution is -2.30. The Balaban J connectivity index is 4.30. The van der Waals surface area contributed by atoms with Crippen LogP contribution < -0.4 is 0 Å². The molecule has 1 unspecified atom stereocenters. The fourth-order valence-corrected chi connectivity index (χ4v) is 9.26. The number of unbranched alkanes of at least 4 members (excludes halogenated alkanes) is 42. The van der Waals surface area contributed by atoms with Crippen LogP contribution >= 0.6 is 0 Å². The Hall–Kier alpha value is -2.11. The van der Waals surface area contributed by atoms with Crippen molar-refractivity contribution in [1.29, 1.82) is 0 Å². The molecule has 0 heterocycles. The van der Waals surface area contributed by atoms with E-state index in [0.29, 0.717) is 19.3 Å². The van der Waals surface area contributed by atoms with Gasteiger partial charge in [0, 0.05) is 19.3 Å². The molecule has 0 aromatic heterocycles. The zero-order chi connectivity index (χ0) is 50.0. The lowest BCUT2D eigenvalue weighted by Gasteiger charge is -2.18. The van der Waals surface area contributed by atoms with E-state index in [1.165, 1.54) is 238 Å². The highest BCUT2D eigenvalue weighted by atomic mass is 16.6. The fourth-order valence-electron chi connectivity index (χ4n) is 9.26. The molecule has 6 heteroatoms. The molecular weight excluding hydrogens is 853 g/mol. The first-order chi connectivity index (χ1) is 34.0. The second-order valence-corrected chi connectivity index (χ2v) is 21.0. The van der Waals surface area contributed by atoms with Gasteiger partial charge in [-0.25, -0.2) is 0 Å². The van der Waals surface area contributed by atoms with Gasteiger partial charge in [0.1, 0.15) is 13.2 Å². The van der Waals surface area contributed by atoms with Gasteiger partial charge in [-0.3, -0.25) is 14.4 Å². The second kappa shape index (κ2) is 58.5. The first kappa shape index (κ1) is 66.9. The molecule has 0 radical (unpaired) electrons. The first-order valence-electron chi connectivity index (χ1n) is 30.8. The largest absolute Gasteiger partial charge is 0.462 e. The van der Waals surface area contributed by atoms with Gasteiger partial charge < -0.3 is 14.2 Å². The van der Waals surface area contributed by atoms with Crippen LogP contribution in [0.4, 0.5) is 0 Å². The number of carbonyl (C=O) groups is 3. The van der Waals surface area contributed by atoms with Crippen molar-refractivity contribution < 1.29 is 28.6 Å². The summed E-state index contributed by atoms with van der Waals surface area (Å²) in [4.78, 5) is 38.2. The van der Waals surface area contributed by atoms with E-state index in [2.05, 4.69) is 45.1 Å². The van der Waals surface area contributed by atoms with E-state index < -0.39 is 6.10 Å². The van der Waals surface area contributed by atoms with Crippen molar-refractivity contribution in [3.63, 3.8) is 0 Å². The van der Waals surface area contributed by atoms with Crippen LogP contribution in [0.5, 0.6) is 0 Å². The molecule has 0 saturated carbocycles. The molecule has 406 valence electrons. The molecule has 0 amide bonds. The van der Waals surface area contributed by atoms with Gasteiger partial charge in [-0.15, -0.1) is 0 Å². The van der Waals surface area contributed by atoms with Crippen LogP contribution in [0.15, 0.2) is 24.3 Å². The average molecular weight is 972 g/mol. The Labute approximate surface area is 430 Å². The smallest absolute Gasteiger partial charge is 0.306 e. The number of esters is 3. The Morgan fingerprint density at radius 2 is 0.478 bits per heavy atom. The highest BCUT2D eigenvalue weighted by Crippen LogP contribution is 2.17. The summed E-state index contributed by atoms with van der Waals surface area (Å²) in [6.07, 6.45) is 68.9. The van der Waals surface area contributed by atoms with Gasteiger partial charge in [0.05, 0.1) is 0 Å². The van der Waals surface area contributed by atoms with Crippen LogP contribution in [-0.2, 0) is 28.6 Å². The number of ether oxygens (including phenoxy) is 3. The highest BCUT2D eigenvalue weighted by molar-refractivity contribution is 5.71. The molecule has 0 aromatic carbocycles. The maximum Gasteiger partial charge on any atom is 0.306 e. The normalized spacial score (nSPS) is 12.1. The summed E-state index contributed by atoms with van der Waals surface area (Å²) in [5.41, 5.74) is 0. The molecule has 0 rings (SSSR count). The maximum absolute atomic E-state index is 12.9. The Bertz CT molecular complexity index is 1110. The zero-order valence-corrected chi connectivity index (χ0v) is 46.6. The molecular formula is C63H118O6. The number of allylic oxidation sites excluding steroid dienone is 4. The van der Waals surface area contributed by atoms with Crippen molar-refractivity contribution >= 4 is 17.9 Å². The van der Waals surface area contributed by atoms with Crippen LogP contribution in [0.1, 0.15) is 342 Å². The monoisotopic (exact) mass is 971 g/mol. The quantitative estimate of drug-likeness (QED) is 0.0261. The van der Waals surface area contributed by atoms with Crippen LogP contribution in [0.2, 0.25) is 0 Å². The molecule has 0 bridgehead atoms. The van der Waals surface area contributed by atoms with Crippen LogP contribution in [0.25, 0.3) is 0 Å². The van der Waals surface area contributed by atoms with Gasteiger partial charge in [-0.1, -0.05) is 276 Å². The van der Waals surface area contributed by atoms with Gasteiger partial charge in [0.2, 0.25) is 0 Å². The topological polar surface area (TPSA) is 78.9 Å². The molecule has 1 atom stereocenters. The van der Waals surface area contributed by atoms with Crippen molar-refractivity contribution in [2.75, 3.05) is 13.2 Å². The van der Waals surface area contributed by atoms with E-state index in [1.54, 1.807) is 0 Å². The van der Waals surface area contributed by atoms with E-state index in [0.717, 1.165) is 64.2 Å². The molecule has 0 aliphatic heterocycles. The van der Waals surface area contributed by atoms with Gasteiger partial charge >= 0.3 is 17.9 Å². The predicted octanol–water partition coefficient (Wildman–Crippen LogP) is 20.7. The van der Waals surface area contributed by atoms with Gasteiger partial charge in [-0.2, -0.15) is 0 Å². The van der Waals surface area contributed by atoms with Gasteiger partial charge in [0.15, 0.2) is 6.10 Å². The van der Waals surface area contributed by atoms with Crippen molar-refractivity contribution in [2.24, 2.45) is 0 Å². The van der Waals surface area contributed by atoms with Gasteiger partial charge in [0.25, 0.3) is 0 Å². The van der Waals surface area contributed by atoms with E-state index in [4.69, 9.17) is 14.2 Å². The van der Waals surface area contributed by atoms with Crippen molar-refractivity contribution in [3.05, 3.63) is 24.3 Å². The summed E-state index contributed by atoms with van der Waals surface area (Å²) in [7, 11) is 0. The summed E-state index contributed by atoms with van der Waals surface area (Å²) < 4.78 is 16.9.